The minimum absolute atomic E-state index is 0.0217. The molecule has 0 spiro atoms. The maximum absolute atomic E-state index is 12.4. The molecule has 3 aromatic carbocycles. The maximum atomic E-state index is 12.4. The second kappa shape index (κ2) is 10.2. The fourth-order valence-corrected chi connectivity index (χ4v) is 3.54. The molecule has 0 atom stereocenters. The van der Waals surface area contributed by atoms with Crippen LogP contribution in [0, 0.1) is 0 Å². The van der Waals surface area contributed by atoms with Gasteiger partial charge >= 0.3 is 0 Å². The first-order valence-electron chi connectivity index (χ1n) is 10.5. The van der Waals surface area contributed by atoms with Gasteiger partial charge in [-0.15, -0.1) is 0 Å². The van der Waals surface area contributed by atoms with Gasteiger partial charge in [0.1, 0.15) is 5.75 Å². The minimum atomic E-state index is -0.0217. The molecule has 0 aliphatic rings. The van der Waals surface area contributed by atoms with Gasteiger partial charge in [-0.25, -0.2) is 0 Å². The van der Waals surface area contributed by atoms with Crippen LogP contribution in [0.25, 0.3) is 23.3 Å². The zero-order valence-corrected chi connectivity index (χ0v) is 17.6. The van der Waals surface area contributed by atoms with Crippen LogP contribution in [0.3, 0.4) is 0 Å². The highest BCUT2D eigenvalue weighted by Gasteiger charge is 2.09. The molecule has 0 aliphatic carbocycles. The van der Waals surface area contributed by atoms with Gasteiger partial charge < -0.3 is 10.4 Å². The lowest BCUT2D eigenvalue weighted by atomic mass is 9.94. The van der Waals surface area contributed by atoms with Crippen LogP contribution in [0.15, 0.2) is 97.3 Å². The van der Waals surface area contributed by atoms with E-state index >= 15 is 0 Å². The molecule has 2 N–H and O–H groups in total. The topological polar surface area (TPSA) is 62.2 Å². The van der Waals surface area contributed by atoms with Crippen molar-refractivity contribution in [3.05, 3.63) is 120 Å². The molecule has 1 heterocycles. The van der Waals surface area contributed by atoms with E-state index < -0.39 is 0 Å². The Morgan fingerprint density at radius 3 is 2.28 bits per heavy atom. The van der Waals surface area contributed by atoms with Gasteiger partial charge in [0.25, 0.3) is 0 Å². The fourth-order valence-electron chi connectivity index (χ4n) is 3.54. The molecule has 0 aliphatic heterocycles. The van der Waals surface area contributed by atoms with E-state index in [0.717, 1.165) is 33.4 Å². The van der Waals surface area contributed by atoms with Crippen LogP contribution in [0.1, 0.15) is 22.3 Å². The number of pyridine rings is 1. The number of benzene rings is 3. The van der Waals surface area contributed by atoms with E-state index in [1.165, 1.54) is 0 Å². The van der Waals surface area contributed by atoms with Gasteiger partial charge in [0.05, 0.1) is 6.42 Å². The number of phenols is 1. The Hall–Kier alpha value is -4.18. The fraction of sp³-hybridized carbons (Fsp3) is 0.0714. The molecule has 0 fully saturated rings. The number of nitrogens with zero attached hydrogens (tertiary/aromatic N) is 1. The smallest absolute Gasteiger partial charge is 0.224 e. The summed E-state index contributed by atoms with van der Waals surface area (Å²) < 4.78 is 0. The van der Waals surface area contributed by atoms with Crippen LogP contribution in [-0.2, 0) is 17.8 Å². The molecule has 158 valence electrons. The van der Waals surface area contributed by atoms with Crippen molar-refractivity contribution in [2.45, 2.75) is 13.0 Å². The molecule has 0 saturated carbocycles. The van der Waals surface area contributed by atoms with E-state index in [1.54, 1.807) is 24.5 Å². The summed E-state index contributed by atoms with van der Waals surface area (Å²) in [6.07, 6.45) is 7.82. The van der Waals surface area contributed by atoms with Gasteiger partial charge in [-0.1, -0.05) is 72.8 Å². The predicted molar refractivity (Wildman–Crippen MR) is 129 cm³/mol. The number of hydrogen-bond donors (Lipinski definition) is 2. The number of hydrogen-bond acceptors (Lipinski definition) is 3. The van der Waals surface area contributed by atoms with E-state index in [4.69, 9.17) is 0 Å². The van der Waals surface area contributed by atoms with E-state index in [2.05, 4.69) is 34.6 Å². The van der Waals surface area contributed by atoms with Crippen molar-refractivity contribution in [2.75, 3.05) is 0 Å². The Labute approximate surface area is 187 Å². The van der Waals surface area contributed by atoms with Gasteiger partial charge in [0.2, 0.25) is 5.91 Å². The molecule has 4 heteroatoms. The Morgan fingerprint density at radius 1 is 0.812 bits per heavy atom. The van der Waals surface area contributed by atoms with Crippen LogP contribution < -0.4 is 5.32 Å². The van der Waals surface area contributed by atoms with Crippen molar-refractivity contribution in [3.63, 3.8) is 0 Å². The summed E-state index contributed by atoms with van der Waals surface area (Å²) in [5.41, 5.74) is 6.27. The van der Waals surface area contributed by atoms with Gasteiger partial charge in [-0.2, -0.15) is 0 Å². The third-order valence-electron chi connectivity index (χ3n) is 5.21. The summed E-state index contributed by atoms with van der Waals surface area (Å²) >= 11 is 0. The lowest BCUT2D eigenvalue weighted by molar-refractivity contribution is -0.120. The van der Waals surface area contributed by atoms with Gasteiger partial charge in [-0.05, 0) is 57.6 Å². The lowest BCUT2D eigenvalue weighted by Crippen LogP contribution is -2.24. The molecule has 1 aromatic heterocycles. The van der Waals surface area contributed by atoms with Crippen LogP contribution in [-0.4, -0.2) is 16.0 Å². The van der Waals surface area contributed by atoms with Crippen molar-refractivity contribution in [1.82, 2.24) is 10.3 Å². The molecular weight excluding hydrogens is 396 g/mol. The number of phenolic OH excluding ortho intramolecular Hbond substituents is 1. The van der Waals surface area contributed by atoms with Crippen LogP contribution in [0.2, 0.25) is 0 Å². The Balaban J connectivity index is 1.53. The van der Waals surface area contributed by atoms with Gasteiger partial charge in [0, 0.05) is 18.9 Å². The number of nitrogens with one attached hydrogen (secondary N) is 1. The zero-order valence-electron chi connectivity index (χ0n) is 17.6. The van der Waals surface area contributed by atoms with Gasteiger partial charge in [-0.3, -0.25) is 9.78 Å². The molecule has 0 saturated heterocycles. The number of carbonyl (C=O) groups excluding carboxylic acids is 1. The quantitative estimate of drug-likeness (QED) is 0.389. The molecule has 0 unspecified atom stereocenters. The highest BCUT2D eigenvalue weighted by molar-refractivity contribution is 5.83. The van der Waals surface area contributed by atoms with Crippen molar-refractivity contribution >= 4 is 18.1 Å². The number of rotatable bonds is 7. The maximum Gasteiger partial charge on any atom is 0.224 e. The average molecular weight is 421 g/mol. The van der Waals surface area contributed by atoms with E-state index in [1.807, 2.05) is 60.7 Å². The summed E-state index contributed by atoms with van der Waals surface area (Å²) in [6.45, 7) is 0.454. The third kappa shape index (κ3) is 5.49. The normalized spacial score (nSPS) is 10.9. The van der Waals surface area contributed by atoms with Crippen molar-refractivity contribution < 1.29 is 9.90 Å². The Bertz CT molecular complexity index is 1220. The Morgan fingerprint density at radius 2 is 1.50 bits per heavy atom. The SMILES string of the molecule is O=C(Cc1ccncc1)NCc1ccccc1-c1ccccc1C=Cc1ccc(O)cc1. The summed E-state index contributed by atoms with van der Waals surface area (Å²) in [6, 6.07) is 27.1. The molecule has 0 bridgehead atoms. The molecule has 32 heavy (non-hydrogen) atoms. The largest absolute Gasteiger partial charge is 0.508 e. The second-order valence-electron chi connectivity index (χ2n) is 7.48. The van der Waals surface area contributed by atoms with Crippen LogP contribution >= 0.6 is 0 Å². The monoisotopic (exact) mass is 420 g/mol. The first kappa shape index (κ1) is 21.1. The van der Waals surface area contributed by atoms with Crippen molar-refractivity contribution in [2.24, 2.45) is 0 Å². The standard InChI is InChI=1S/C28H24N2O2/c31-25-13-10-21(11-14-25)9-12-23-5-1-3-7-26(23)27-8-4-2-6-24(27)20-30-28(32)19-22-15-17-29-18-16-22/h1-18,31H,19-20H2,(H,30,32). The first-order valence-corrected chi connectivity index (χ1v) is 10.5. The van der Waals surface area contributed by atoms with E-state index in [9.17, 15) is 9.90 Å². The first-order chi connectivity index (χ1) is 15.7. The number of aromatic hydroxyl groups is 1. The summed E-state index contributed by atoms with van der Waals surface area (Å²) in [4.78, 5) is 16.4. The van der Waals surface area contributed by atoms with Crippen molar-refractivity contribution in [3.8, 4) is 16.9 Å². The average Bonchev–Trinajstić information content (AvgIpc) is 2.83. The zero-order chi connectivity index (χ0) is 22.2. The summed E-state index contributed by atoms with van der Waals surface area (Å²) in [5.74, 6) is 0.231. The molecule has 4 nitrogen and oxygen atoms in total. The van der Waals surface area contributed by atoms with Crippen LogP contribution in [0.5, 0.6) is 5.75 Å². The Kier molecular flexibility index (Phi) is 6.73. The molecule has 1 amide bonds. The van der Waals surface area contributed by atoms with E-state index in [0.29, 0.717) is 13.0 Å². The van der Waals surface area contributed by atoms with E-state index in [-0.39, 0.29) is 11.7 Å². The number of amides is 1. The second-order valence-corrected chi connectivity index (χ2v) is 7.48. The highest BCUT2D eigenvalue weighted by atomic mass is 16.3. The van der Waals surface area contributed by atoms with Crippen molar-refractivity contribution in [1.29, 1.82) is 0 Å². The van der Waals surface area contributed by atoms with Crippen LogP contribution in [0.4, 0.5) is 0 Å². The van der Waals surface area contributed by atoms with Gasteiger partial charge in [0.15, 0.2) is 0 Å². The molecule has 4 aromatic rings. The third-order valence-corrected chi connectivity index (χ3v) is 5.21. The summed E-state index contributed by atoms with van der Waals surface area (Å²) in [5, 5.41) is 12.5. The summed E-state index contributed by atoms with van der Waals surface area (Å²) in [7, 11) is 0. The molecular formula is C28H24N2O2. The lowest BCUT2D eigenvalue weighted by Gasteiger charge is -2.13. The highest BCUT2D eigenvalue weighted by Crippen LogP contribution is 2.28. The molecule has 4 rings (SSSR count). The predicted octanol–water partition coefficient (Wildman–Crippen LogP) is 5.48. The minimum Gasteiger partial charge on any atom is -0.508 e. The molecule has 0 radical (unpaired) electrons. The number of aromatic nitrogens is 1. The number of carbonyl (C=O) groups is 1.